The van der Waals surface area contributed by atoms with E-state index in [1.54, 1.807) is 44.4 Å². The van der Waals surface area contributed by atoms with Gasteiger partial charge in [0.05, 0.1) is 43.6 Å². The minimum Gasteiger partial charge on any atom is -0.493 e. The van der Waals surface area contributed by atoms with Gasteiger partial charge in [-0.25, -0.2) is 0 Å². The third-order valence-corrected chi connectivity index (χ3v) is 6.99. The number of methoxy groups -OCH3 is 4. The fourth-order valence-corrected chi connectivity index (χ4v) is 4.78. The zero-order valence-electron chi connectivity index (χ0n) is 22.3. The van der Waals surface area contributed by atoms with E-state index in [0.29, 0.717) is 46.5 Å². The van der Waals surface area contributed by atoms with E-state index in [0.717, 1.165) is 36.4 Å². The fourth-order valence-electron chi connectivity index (χ4n) is 3.97. The Morgan fingerprint density at radius 1 is 0.868 bits per heavy atom. The number of carbonyl (C=O) groups excluding carboxylic acids is 1. The van der Waals surface area contributed by atoms with E-state index in [4.69, 9.17) is 18.9 Å². The number of rotatable bonds is 14. The van der Waals surface area contributed by atoms with Crippen molar-refractivity contribution >= 4 is 28.6 Å². The standard InChI is InChI=1S/C27H33N3O7S/c1-28(14-11-19-7-9-22(34-2)24(15-19)36-4)12-6-13-29(20-8-10-23(35-3)25(16-20)37-5)27(31)26-17-21(18-38-26)30(32)33/h7-10,15-18H,6,11-14H2,1-5H3. The Balaban J connectivity index is 1.69. The summed E-state index contributed by atoms with van der Waals surface area (Å²) in [6.45, 7) is 1.98. The zero-order chi connectivity index (χ0) is 27.7. The maximum absolute atomic E-state index is 13.4. The molecule has 1 amide bonds. The lowest BCUT2D eigenvalue weighted by Gasteiger charge is -2.25. The second-order valence-corrected chi connectivity index (χ2v) is 9.43. The molecule has 0 radical (unpaired) electrons. The van der Waals surface area contributed by atoms with Crippen molar-refractivity contribution in [2.45, 2.75) is 12.8 Å². The number of anilines is 1. The van der Waals surface area contributed by atoms with Gasteiger partial charge in [0.15, 0.2) is 23.0 Å². The largest absolute Gasteiger partial charge is 0.493 e. The summed E-state index contributed by atoms with van der Waals surface area (Å²) in [5.41, 5.74) is 1.66. The van der Waals surface area contributed by atoms with Crippen LogP contribution in [0.4, 0.5) is 11.4 Å². The molecule has 0 saturated carbocycles. The summed E-state index contributed by atoms with van der Waals surface area (Å²) in [5, 5.41) is 12.5. The first kappa shape index (κ1) is 28.7. The highest BCUT2D eigenvalue weighted by Gasteiger charge is 2.23. The van der Waals surface area contributed by atoms with Crippen molar-refractivity contribution in [2.24, 2.45) is 0 Å². The molecule has 0 unspecified atom stereocenters. The molecule has 3 aromatic rings. The number of likely N-dealkylation sites (N-methyl/N-ethyl adjacent to an activating group) is 1. The Morgan fingerprint density at radius 2 is 1.50 bits per heavy atom. The number of benzene rings is 2. The van der Waals surface area contributed by atoms with Crippen molar-refractivity contribution in [1.29, 1.82) is 0 Å². The quantitative estimate of drug-likeness (QED) is 0.209. The van der Waals surface area contributed by atoms with Crippen LogP contribution < -0.4 is 23.8 Å². The summed E-state index contributed by atoms with van der Waals surface area (Å²) >= 11 is 1.06. The van der Waals surface area contributed by atoms with Gasteiger partial charge in [-0.05, 0) is 56.3 Å². The predicted molar refractivity (Wildman–Crippen MR) is 148 cm³/mol. The summed E-state index contributed by atoms with van der Waals surface area (Å²) < 4.78 is 21.4. The molecule has 0 bridgehead atoms. The van der Waals surface area contributed by atoms with E-state index in [1.807, 2.05) is 25.2 Å². The van der Waals surface area contributed by atoms with Gasteiger partial charge in [-0.15, -0.1) is 11.3 Å². The molecule has 38 heavy (non-hydrogen) atoms. The average molecular weight is 544 g/mol. The van der Waals surface area contributed by atoms with Gasteiger partial charge in [-0.2, -0.15) is 0 Å². The lowest BCUT2D eigenvalue weighted by Crippen LogP contribution is -2.33. The van der Waals surface area contributed by atoms with Crippen molar-refractivity contribution in [3.05, 3.63) is 68.4 Å². The molecule has 0 aliphatic carbocycles. The normalized spacial score (nSPS) is 10.8. The number of carbonyl (C=O) groups is 1. The summed E-state index contributed by atoms with van der Waals surface area (Å²) in [4.78, 5) is 28.2. The fraction of sp³-hybridized carbons (Fsp3) is 0.370. The van der Waals surface area contributed by atoms with Crippen molar-refractivity contribution < 1.29 is 28.7 Å². The van der Waals surface area contributed by atoms with E-state index in [2.05, 4.69) is 4.90 Å². The van der Waals surface area contributed by atoms with E-state index in [9.17, 15) is 14.9 Å². The first-order chi connectivity index (χ1) is 18.3. The lowest BCUT2D eigenvalue weighted by molar-refractivity contribution is -0.384. The average Bonchev–Trinajstić information content (AvgIpc) is 3.44. The first-order valence-corrected chi connectivity index (χ1v) is 12.9. The SMILES string of the molecule is COc1ccc(CCN(C)CCCN(C(=O)c2cc([N+](=O)[O-])cs2)c2ccc(OC)c(OC)c2)cc1OC. The van der Waals surface area contributed by atoms with Crippen LogP contribution in [0.5, 0.6) is 23.0 Å². The van der Waals surface area contributed by atoms with Crippen LogP contribution in [0.3, 0.4) is 0 Å². The number of ether oxygens (including phenoxy) is 4. The molecule has 0 atom stereocenters. The highest BCUT2D eigenvalue weighted by molar-refractivity contribution is 7.12. The Morgan fingerprint density at radius 3 is 2.11 bits per heavy atom. The Labute approximate surface area is 226 Å². The molecule has 0 aliphatic rings. The highest BCUT2D eigenvalue weighted by atomic mass is 32.1. The van der Waals surface area contributed by atoms with Gasteiger partial charge in [0.25, 0.3) is 11.6 Å². The molecule has 1 heterocycles. The van der Waals surface area contributed by atoms with Crippen molar-refractivity contribution in [3.8, 4) is 23.0 Å². The second kappa shape index (κ2) is 13.6. The van der Waals surface area contributed by atoms with E-state index >= 15 is 0 Å². The predicted octanol–water partition coefficient (Wildman–Crippen LogP) is 4.90. The molecule has 10 nitrogen and oxygen atoms in total. The van der Waals surface area contributed by atoms with Gasteiger partial charge in [-0.1, -0.05) is 6.07 Å². The Hall–Kier alpha value is -3.83. The topological polar surface area (TPSA) is 104 Å². The molecule has 204 valence electrons. The monoisotopic (exact) mass is 543 g/mol. The van der Waals surface area contributed by atoms with Crippen LogP contribution >= 0.6 is 11.3 Å². The minimum absolute atomic E-state index is 0.0968. The molecular formula is C27H33N3O7S. The number of hydrogen-bond acceptors (Lipinski definition) is 9. The van der Waals surface area contributed by atoms with Gasteiger partial charge >= 0.3 is 0 Å². The molecule has 0 spiro atoms. The Kier molecular flexibility index (Phi) is 10.3. The summed E-state index contributed by atoms with van der Waals surface area (Å²) in [7, 11) is 8.34. The molecular weight excluding hydrogens is 510 g/mol. The van der Waals surface area contributed by atoms with Crippen LogP contribution in [0.25, 0.3) is 0 Å². The van der Waals surface area contributed by atoms with Gasteiger partial charge in [0.2, 0.25) is 0 Å². The molecule has 0 saturated heterocycles. The van der Waals surface area contributed by atoms with Crippen LogP contribution in [0.1, 0.15) is 21.7 Å². The molecule has 0 N–H and O–H groups in total. The molecule has 3 rings (SSSR count). The van der Waals surface area contributed by atoms with Gasteiger partial charge in [0, 0.05) is 30.9 Å². The zero-order valence-corrected chi connectivity index (χ0v) is 23.1. The summed E-state index contributed by atoms with van der Waals surface area (Å²) in [6, 6.07) is 12.5. The number of hydrogen-bond donors (Lipinski definition) is 0. The van der Waals surface area contributed by atoms with Gasteiger partial charge in [0.1, 0.15) is 0 Å². The summed E-state index contributed by atoms with van der Waals surface area (Å²) in [5.74, 6) is 2.13. The maximum Gasteiger partial charge on any atom is 0.280 e. The van der Waals surface area contributed by atoms with Crippen molar-refractivity contribution in [1.82, 2.24) is 4.90 Å². The molecule has 2 aromatic carbocycles. The lowest BCUT2D eigenvalue weighted by atomic mass is 10.1. The Bertz CT molecular complexity index is 1250. The highest BCUT2D eigenvalue weighted by Crippen LogP contribution is 2.33. The van der Waals surface area contributed by atoms with E-state index < -0.39 is 4.92 Å². The van der Waals surface area contributed by atoms with Crippen molar-refractivity contribution in [3.63, 3.8) is 0 Å². The molecule has 11 heteroatoms. The number of nitro groups is 1. The van der Waals surface area contributed by atoms with Crippen LogP contribution in [0.15, 0.2) is 47.8 Å². The first-order valence-electron chi connectivity index (χ1n) is 12.0. The smallest absolute Gasteiger partial charge is 0.280 e. The van der Waals surface area contributed by atoms with Crippen LogP contribution in [-0.2, 0) is 6.42 Å². The van der Waals surface area contributed by atoms with Crippen LogP contribution in [0, 0.1) is 10.1 Å². The molecule has 0 aliphatic heterocycles. The third kappa shape index (κ3) is 7.14. The number of thiophene rings is 1. The van der Waals surface area contributed by atoms with E-state index in [-0.39, 0.29) is 11.6 Å². The maximum atomic E-state index is 13.4. The third-order valence-electron chi connectivity index (χ3n) is 6.08. The van der Waals surface area contributed by atoms with Crippen LogP contribution in [-0.4, -0.2) is 70.9 Å². The minimum atomic E-state index is -0.499. The van der Waals surface area contributed by atoms with Crippen LogP contribution in [0.2, 0.25) is 0 Å². The molecule has 0 fully saturated rings. The second-order valence-electron chi connectivity index (χ2n) is 8.52. The van der Waals surface area contributed by atoms with Gasteiger partial charge < -0.3 is 28.7 Å². The van der Waals surface area contributed by atoms with Gasteiger partial charge in [-0.3, -0.25) is 14.9 Å². The van der Waals surface area contributed by atoms with E-state index in [1.165, 1.54) is 18.6 Å². The van der Waals surface area contributed by atoms with Crippen molar-refractivity contribution in [2.75, 3.05) is 60.0 Å². The molecule has 1 aromatic heterocycles. The summed E-state index contributed by atoms with van der Waals surface area (Å²) in [6.07, 6.45) is 1.52. The number of nitrogens with zero attached hydrogens (tertiary/aromatic N) is 3. The number of amides is 1.